The summed E-state index contributed by atoms with van der Waals surface area (Å²) in [5, 5.41) is 0.0529. The number of carbonyl (C=O) groups is 2. The monoisotopic (exact) mass is 553 g/mol. The number of ether oxygens (including phenoxy) is 1. The molecule has 1 aromatic rings. The number of rotatable bonds is 6. The van der Waals surface area contributed by atoms with Crippen LogP contribution in [-0.2, 0) is 14.0 Å². The Morgan fingerprint density at radius 3 is 2.44 bits per heavy atom. The first-order chi connectivity index (χ1) is 15.5. The minimum atomic E-state index is -2.06. The van der Waals surface area contributed by atoms with E-state index in [0.717, 1.165) is 10.9 Å². The van der Waals surface area contributed by atoms with Crippen LogP contribution in [0.3, 0.4) is 0 Å². The van der Waals surface area contributed by atoms with Crippen molar-refractivity contribution >= 4 is 42.1 Å². The number of hydrogen-bond acceptors (Lipinski definition) is 5. The summed E-state index contributed by atoms with van der Waals surface area (Å²) in [7, 11) is -2.06. The van der Waals surface area contributed by atoms with Gasteiger partial charge in [0.2, 0.25) is 5.91 Å². The fourth-order valence-corrected chi connectivity index (χ4v) is 5.31. The van der Waals surface area contributed by atoms with Crippen LogP contribution in [0.2, 0.25) is 18.1 Å². The molecule has 9 heteroatoms. The van der Waals surface area contributed by atoms with E-state index in [4.69, 9.17) is 9.16 Å². The van der Waals surface area contributed by atoms with Gasteiger partial charge in [0.05, 0.1) is 16.6 Å². The number of anilines is 1. The van der Waals surface area contributed by atoms with Gasteiger partial charge in [-0.3, -0.25) is 14.6 Å². The van der Waals surface area contributed by atoms with Crippen molar-refractivity contribution < 1.29 is 18.8 Å². The first kappa shape index (κ1) is 28.5. The van der Waals surface area contributed by atoms with Crippen molar-refractivity contribution in [3.63, 3.8) is 0 Å². The zero-order chi connectivity index (χ0) is 25.9. The predicted octanol–water partition coefficient (Wildman–Crippen LogP) is 6.15. The van der Waals surface area contributed by atoms with Gasteiger partial charge in [0.1, 0.15) is 11.4 Å². The minimum absolute atomic E-state index is 0.0529. The highest BCUT2D eigenvalue weighted by Crippen LogP contribution is 2.39. The summed E-state index contributed by atoms with van der Waals surface area (Å²) < 4.78 is 13.2. The van der Waals surface area contributed by atoms with Gasteiger partial charge in [0.25, 0.3) is 0 Å². The average Bonchev–Trinajstić information content (AvgIpc) is 3.05. The van der Waals surface area contributed by atoms with Crippen molar-refractivity contribution in [2.24, 2.45) is 0 Å². The third-order valence-electron chi connectivity index (χ3n) is 6.27. The van der Waals surface area contributed by atoms with Crippen molar-refractivity contribution in [3.8, 4) is 0 Å². The maximum absolute atomic E-state index is 13.0. The van der Waals surface area contributed by atoms with Crippen LogP contribution in [0.15, 0.2) is 35.0 Å². The third-order valence-corrected chi connectivity index (χ3v) is 11.4. The van der Waals surface area contributed by atoms with Crippen LogP contribution in [0.4, 0.5) is 10.6 Å². The highest BCUT2D eigenvalue weighted by Gasteiger charge is 2.45. The second kappa shape index (κ2) is 10.9. The van der Waals surface area contributed by atoms with Crippen LogP contribution < -0.4 is 4.90 Å². The molecule has 34 heavy (non-hydrogen) atoms. The smallest absolute Gasteiger partial charge is 0.410 e. The summed E-state index contributed by atoms with van der Waals surface area (Å²) in [6.07, 6.45) is 5.81. The third kappa shape index (κ3) is 7.39. The van der Waals surface area contributed by atoms with Gasteiger partial charge in [0, 0.05) is 26.2 Å². The van der Waals surface area contributed by atoms with Crippen molar-refractivity contribution in [3.05, 3.63) is 35.0 Å². The Bertz CT molecular complexity index is 908. The lowest BCUT2D eigenvalue weighted by atomic mass is 10.1. The number of amides is 2. The zero-order valence-corrected chi connectivity index (χ0v) is 24.6. The molecule has 2 heterocycles. The van der Waals surface area contributed by atoms with E-state index in [-0.39, 0.29) is 29.2 Å². The molecule has 0 aromatic carbocycles. The van der Waals surface area contributed by atoms with Crippen molar-refractivity contribution in [1.29, 1.82) is 0 Å². The molecule has 1 aliphatic heterocycles. The van der Waals surface area contributed by atoms with E-state index in [0.29, 0.717) is 18.9 Å². The Morgan fingerprint density at radius 2 is 1.91 bits per heavy atom. The molecule has 190 valence electrons. The fraction of sp³-hybridized carbons (Fsp3) is 0.640. The minimum Gasteiger partial charge on any atom is -0.444 e. The number of carbonyl (C=O) groups excluding carboxylic acids is 2. The molecule has 1 aromatic heterocycles. The molecule has 7 nitrogen and oxygen atoms in total. The summed E-state index contributed by atoms with van der Waals surface area (Å²) in [4.78, 5) is 33.0. The highest BCUT2D eigenvalue weighted by atomic mass is 79.9. The average molecular weight is 555 g/mol. The number of hydrogen-bond donors (Lipinski definition) is 0. The lowest BCUT2D eigenvalue weighted by Crippen LogP contribution is -2.48. The molecule has 0 N–H and O–H groups in total. The molecule has 2 atom stereocenters. The van der Waals surface area contributed by atoms with Crippen molar-refractivity contribution in [2.75, 3.05) is 18.0 Å². The van der Waals surface area contributed by atoms with Crippen molar-refractivity contribution in [1.82, 2.24) is 9.88 Å². The van der Waals surface area contributed by atoms with Crippen LogP contribution in [0, 0.1) is 0 Å². The second-order valence-corrected chi connectivity index (χ2v) is 16.8. The number of nitrogens with zero attached hydrogens (tertiary/aromatic N) is 3. The first-order valence-electron chi connectivity index (χ1n) is 11.8. The molecule has 1 fully saturated rings. The molecule has 0 spiro atoms. The Kier molecular flexibility index (Phi) is 9.15. The molecule has 2 amide bonds. The first-order valence-corrected chi connectivity index (χ1v) is 15.5. The van der Waals surface area contributed by atoms with Gasteiger partial charge in [-0.25, -0.2) is 9.78 Å². The Labute approximate surface area is 214 Å². The predicted molar refractivity (Wildman–Crippen MR) is 143 cm³/mol. The summed E-state index contributed by atoms with van der Waals surface area (Å²) in [5.41, 5.74) is -0.583. The standard InChI is InChI=1S/C25H40BrN3O4Si/c1-18(30)28(22-19(26)12-10-15-27-22)16-11-13-20-21(33-34(8,9)25(5,6)7)14-17-29(20)23(31)32-24(2,3)4/h10-13,15,20-21H,14,16-17H2,1-9H3/b13-11+. The van der Waals surface area contributed by atoms with E-state index < -0.39 is 13.9 Å². The maximum Gasteiger partial charge on any atom is 0.410 e. The van der Waals surface area contributed by atoms with E-state index in [1.807, 2.05) is 45.1 Å². The van der Waals surface area contributed by atoms with E-state index in [1.165, 1.54) is 6.92 Å². The molecule has 2 unspecified atom stereocenters. The van der Waals surface area contributed by atoms with Crippen molar-refractivity contribution in [2.45, 2.75) is 90.8 Å². The second-order valence-electron chi connectivity index (χ2n) is 11.2. The summed E-state index contributed by atoms with van der Waals surface area (Å²) in [5.74, 6) is 0.442. The van der Waals surface area contributed by atoms with E-state index in [9.17, 15) is 9.59 Å². The summed E-state index contributed by atoms with van der Waals surface area (Å²) in [6, 6.07) is 3.39. The maximum atomic E-state index is 13.0. The molecule has 0 aliphatic carbocycles. The van der Waals surface area contributed by atoms with Gasteiger partial charge in [-0.1, -0.05) is 32.9 Å². The van der Waals surface area contributed by atoms with Gasteiger partial charge < -0.3 is 9.16 Å². The van der Waals surface area contributed by atoms with Crippen LogP contribution >= 0.6 is 15.9 Å². The normalized spacial score (nSPS) is 19.5. The number of halogens is 1. The largest absolute Gasteiger partial charge is 0.444 e. The quantitative estimate of drug-likeness (QED) is 0.312. The number of likely N-dealkylation sites (tertiary alicyclic amines) is 1. The fourth-order valence-electron chi connectivity index (χ4n) is 3.48. The Morgan fingerprint density at radius 1 is 1.26 bits per heavy atom. The van der Waals surface area contributed by atoms with Crippen LogP contribution in [0.25, 0.3) is 0 Å². The Balaban J connectivity index is 2.30. The van der Waals surface area contributed by atoms with Gasteiger partial charge in [-0.15, -0.1) is 0 Å². The lowest BCUT2D eigenvalue weighted by Gasteiger charge is -2.40. The van der Waals surface area contributed by atoms with Crippen LogP contribution in [0.1, 0.15) is 54.9 Å². The highest BCUT2D eigenvalue weighted by molar-refractivity contribution is 9.10. The lowest BCUT2D eigenvalue weighted by molar-refractivity contribution is -0.116. The molecule has 1 aliphatic rings. The van der Waals surface area contributed by atoms with Gasteiger partial charge in [-0.2, -0.15) is 0 Å². The van der Waals surface area contributed by atoms with E-state index in [2.05, 4.69) is 54.8 Å². The van der Waals surface area contributed by atoms with Crippen LogP contribution in [-0.4, -0.2) is 61.0 Å². The summed E-state index contributed by atoms with van der Waals surface area (Å²) >= 11 is 3.48. The number of aromatic nitrogens is 1. The van der Waals surface area contributed by atoms with E-state index >= 15 is 0 Å². The van der Waals surface area contributed by atoms with E-state index in [1.54, 1.807) is 16.0 Å². The van der Waals surface area contributed by atoms with Crippen LogP contribution in [0.5, 0.6) is 0 Å². The number of pyridine rings is 1. The zero-order valence-electron chi connectivity index (χ0n) is 22.0. The molecule has 2 rings (SSSR count). The molecule has 0 bridgehead atoms. The Hall–Kier alpha value is -1.71. The van der Waals surface area contributed by atoms with Gasteiger partial charge in [0.15, 0.2) is 8.32 Å². The van der Waals surface area contributed by atoms with Gasteiger partial charge in [-0.05, 0) is 73.4 Å². The SMILES string of the molecule is CC(=O)N(C/C=C/C1C(O[Si](C)(C)C(C)(C)C)CCN1C(=O)OC(C)(C)C)c1ncccc1Br. The topological polar surface area (TPSA) is 72.0 Å². The molecular formula is C25H40BrN3O4Si. The van der Waals surface area contributed by atoms with Gasteiger partial charge >= 0.3 is 6.09 Å². The molecule has 0 saturated carbocycles. The molecule has 1 saturated heterocycles. The molecular weight excluding hydrogens is 514 g/mol. The molecule has 0 radical (unpaired) electrons. The summed E-state index contributed by atoms with van der Waals surface area (Å²) in [6.45, 7) is 19.1.